The quantitative estimate of drug-likeness (QED) is 0.439. The highest BCUT2D eigenvalue weighted by molar-refractivity contribution is 5.90. The Kier molecular flexibility index (Phi) is 3.52. The average molecular weight is 214 g/mol. The molecule has 1 unspecified atom stereocenters. The normalized spacial score (nSPS) is 13.3. The average Bonchev–Trinajstić information content (AvgIpc) is 2.29. The molecule has 16 heavy (non-hydrogen) atoms. The van der Waals surface area contributed by atoms with E-state index in [1.54, 1.807) is 19.1 Å². The summed E-state index contributed by atoms with van der Waals surface area (Å²) in [4.78, 5) is 11.7. The van der Waals surface area contributed by atoms with Crippen LogP contribution in [0, 0.1) is 19.3 Å². The lowest BCUT2D eigenvalue weighted by Crippen LogP contribution is -2.27. The lowest BCUT2D eigenvalue weighted by atomic mass is 10.1. The van der Waals surface area contributed by atoms with Crippen LogP contribution in [-0.2, 0) is 4.74 Å². The minimum absolute atomic E-state index is 0.444. The Bertz CT molecular complexity index is 437. The molecule has 1 aromatic carbocycles. The number of rotatable bonds is 3. The molecule has 0 radical (unpaired) electrons. The SMILES string of the molecule is C#CC(C)(C=C)OC(=O)c1ccc(C)cc1. The van der Waals surface area contributed by atoms with Crippen molar-refractivity contribution in [2.45, 2.75) is 19.4 Å². The molecule has 0 bridgehead atoms. The van der Waals surface area contributed by atoms with E-state index in [9.17, 15) is 4.79 Å². The summed E-state index contributed by atoms with van der Waals surface area (Å²) in [7, 11) is 0. The summed E-state index contributed by atoms with van der Waals surface area (Å²) in [5.41, 5.74) is 0.510. The summed E-state index contributed by atoms with van der Waals surface area (Å²) in [6, 6.07) is 7.10. The number of aryl methyl sites for hydroxylation is 1. The Morgan fingerprint density at radius 1 is 1.50 bits per heavy atom. The van der Waals surface area contributed by atoms with Crippen LogP contribution >= 0.6 is 0 Å². The minimum atomic E-state index is -1.05. The van der Waals surface area contributed by atoms with Gasteiger partial charge in [-0.3, -0.25) is 0 Å². The maximum Gasteiger partial charge on any atom is 0.339 e. The van der Waals surface area contributed by atoms with Crippen LogP contribution in [0.4, 0.5) is 0 Å². The summed E-state index contributed by atoms with van der Waals surface area (Å²) < 4.78 is 5.17. The molecule has 0 saturated carbocycles. The fraction of sp³-hybridized carbons (Fsp3) is 0.214. The molecule has 82 valence electrons. The van der Waals surface area contributed by atoms with Gasteiger partial charge in [-0.15, -0.1) is 6.42 Å². The van der Waals surface area contributed by atoms with E-state index in [0.717, 1.165) is 5.56 Å². The third-order valence-corrected chi connectivity index (χ3v) is 2.27. The topological polar surface area (TPSA) is 26.3 Å². The predicted molar refractivity (Wildman–Crippen MR) is 64.0 cm³/mol. The number of benzene rings is 1. The molecule has 2 nitrogen and oxygen atoms in total. The number of esters is 1. The van der Waals surface area contributed by atoms with Gasteiger partial charge in [0.15, 0.2) is 5.60 Å². The number of hydrogen-bond donors (Lipinski definition) is 0. The molecule has 0 heterocycles. The Hall–Kier alpha value is -2.01. The first-order valence-corrected chi connectivity index (χ1v) is 4.92. The van der Waals surface area contributed by atoms with E-state index in [0.29, 0.717) is 5.56 Å². The van der Waals surface area contributed by atoms with Gasteiger partial charge in [-0.1, -0.05) is 30.2 Å². The minimum Gasteiger partial charge on any atom is -0.439 e. The van der Waals surface area contributed by atoms with E-state index in [-0.39, 0.29) is 0 Å². The summed E-state index contributed by atoms with van der Waals surface area (Å²) in [5.74, 6) is 1.93. The molecule has 0 aliphatic rings. The van der Waals surface area contributed by atoms with Crippen LogP contribution in [0.5, 0.6) is 0 Å². The number of hydrogen-bond acceptors (Lipinski definition) is 2. The molecular weight excluding hydrogens is 200 g/mol. The van der Waals surface area contributed by atoms with Crippen molar-refractivity contribution < 1.29 is 9.53 Å². The van der Waals surface area contributed by atoms with Gasteiger partial charge in [0.2, 0.25) is 0 Å². The Morgan fingerprint density at radius 3 is 2.50 bits per heavy atom. The molecular formula is C14H14O2. The third-order valence-electron chi connectivity index (χ3n) is 2.27. The van der Waals surface area contributed by atoms with Gasteiger partial charge < -0.3 is 4.74 Å². The summed E-state index contributed by atoms with van der Waals surface area (Å²) in [6.07, 6.45) is 6.70. The van der Waals surface area contributed by atoms with Crippen LogP contribution in [0.15, 0.2) is 36.9 Å². The Labute approximate surface area is 95.9 Å². The van der Waals surface area contributed by atoms with Gasteiger partial charge in [-0.2, -0.15) is 0 Å². The van der Waals surface area contributed by atoms with Gasteiger partial charge in [0, 0.05) is 0 Å². The molecule has 1 aromatic rings. The lowest BCUT2D eigenvalue weighted by Gasteiger charge is -2.19. The van der Waals surface area contributed by atoms with Gasteiger partial charge in [-0.25, -0.2) is 4.79 Å². The number of carbonyl (C=O) groups is 1. The van der Waals surface area contributed by atoms with Crippen LogP contribution in [0.25, 0.3) is 0 Å². The largest absolute Gasteiger partial charge is 0.439 e. The summed E-state index contributed by atoms with van der Waals surface area (Å²) in [6.45, 7) is 7.11. The molecule has 0 N–H and O–H groups in total. The highest BCUT2D eigenvalue weighted by atomic mass is 16.6. The van der Waals surface area contributed by atoms with Crippen molar-refractivity contribution in [1.29, 1.82) is 0 Å². The maximum atomic E-state index is 11.7. The molecule has 0 spiro atoms. The number of terminal acetylenes is 1. The first-order chi connectivity index (χ1) is 7.50. The lowest BCUT2D eigenvalue weighted by molar-refractivity contribution is 0.0284. The highest BCUT2D eigenvalue weighted by Gasteiger charge is 2.22. The van der Waals surface area contributed by atoms with Crippen molar-refractivity contribution in [1.82, 2.24) is 0 Å². The molecule has 0 fully saturated rings. The zero-order chi connectivity index (χ0) is 12.2. The van der Waals surface area contributed by atoms with Gasteiger partial charge in [0.25, 0.3) is 0 Å². The number of carbonyl (C=O) groups excluding carboxylic acids is 1. The van der Waals surface area contributed by atoms with Crippen molar-refractivity contribution in [3.63, 3.8) is 0 Å². The monoisotopic (exact) mass is 214 g/mol. The van der Waals surface area contributed by atoms with Crippen LogP contribution < -0.4 is 0 Å². The van der Waals surface area contributed by atoms with E-state index in [4.69, 9.17) is 11.2 Å². The van der Waals surface area contributed by atoms with E-state index in [2.05, 4.69) is 12.5 Å². The van der Waals surface area contributed by atoms with Crippen molar-refractivity contribution in [2.75, 3.05) is 0 Å². The van der Waals surface area contributed by atoms with Crippen LogP contribution in [0.2, 0.25) is 0 Å². The van der Waals surface area contributed by atoms with E-state index in [1.807, 2.05) is 19.1 Å². The molecule has 0 aliphatic carbocycles. The maximum absolute atomic E-state index is 11.7. The second kappa shape index (κ2) is 4.67. The first-order valence-electron chi connectivity index (χ1n) is 4.92. The van der Waals surface area contributed by atoms with E-state index >= 15 is 0 Å². The zero-order valence-corrected chi connectivity index (χ0v) is 9.49. The second-order valence-corrected chi connectivity index (χ2v) is 3.71. The van der Waals surface area contributed by atoms with Crippen molar-refractivity contribution >= 4 is 5.97 Å². The molecule has 0 amide bonds. The fourth-order valence-electron chi connectivity index (χ4n) is 1.07. The zero-order valence-electron chi connectivity index (χ0n) is 9.49. The van der Waals surface area contributed by atoms with Crippen LogP contribution in [0.3, 0.4) is 0 Å². The molecule has 0 aromatic heterocycles. The fourth-order valence-corrected chi connectivity index (χ4v) is 1.07. The van der Waals surface area contributed by atoms with E-state index < -0.39 is 11.6 Å². The van der Waals surface area contributed by atoms with Crippen LogP contribution in [-0.4, -0.2) is 11.6 Å². The standard InChI is InChI=1S/C14H14O2/c1-5-14(4,6-2)16-13(15)12-9-7-11(3)8-10-12/h1,6-10H,2H2,3-4H3. The van der Waals surface area contributed by atoms with Crippen molar-refractivity contribution in [2.24, 2.45) is 0 Å². The van der Waals surface area contributed by atoms with Gasteiger partial charge >= 0.3 is 5.97 Å². The van der Waals surface area contributed by atoms with Gasteiger partial charge in [0.05, 0.1) is 5.56 Å². The van der Waals surface area contributed by atoms with Gasteiger partial charge in [0.1, 0.15) is 0 Å². The first kappa shape index (κ1) is 12.1. The van der Waals surface area contributed by atoms with Crippen molar-refractivity contribution in [3.05, 3.63) is 48.0 Å². The predicted octanol–water partition coefficient (Wildman–Crippen LogP) is 2.73. The third kappa shape index (κ3) is 2.74. The summed E-state index contributed by atoms with van der Waals surface area (Å²) >= 11 is 0. The van der Waals surface area contributed by atoms with Gasteiger partial charge in [-0.05, 0) is 32.1 Å². The van der Waals surface area contributed by atoms with Crippen molar-refractivity contribution in [3.8, 4) is 12.3 Å². The molecule has 1 atom stereocenters. The second-order valence-electron chi connectivity index (χ2n) is 3.71. The molecule has 2 heteroatoms. The summed E-state index contributed by atoms with van der Waals surface area (Å²) in [5, 5.41) is 0. The highest BCUT2D eigenvalue weighted by Crippen LogP contribution is 2.14. The Balaban J connectivity index is 2.85. The number of ether oxygens (including phenoxy) is 1. The molecule has 0 saturated heterocycles. The van der Waals surface area contributed by atoms with E-state index in [1.165, 1.54) is 6.08 Å². The smallest absolute Gasteiger partial charge is 0.339 e. The molecule has 0 aliphatic heterocycles. The molecule has 1 rings (SSSR count). The van der Waals surface area contributed by atoms with Crippen LogP contribution in [0.1, 0.15) is 22.8 Å². The Morgan fingerprint density at radius 2 is 2.06 bits per heavy atom.